The summed E-state index contributed by atoms with van der Waals surface area (Å²) in [5.41, 5.74) is 1.16. The number of nitrogens with zero attached hydrogens (tertiary/aromatic N) is 1. The van der Waals surface area contributed by atoms with Gasteiger partial charge in [0, 0.05) is 19.6 Å². The number of ether oxygens (including phenoxy) is 2. The van der Waals surface area contributed by atoms with Gasteiger partial charge in [-0.25, -0.2) is 4.79 Å². The molecule has 2 aromatic rings. The van der Waals surface area contributed by atoms with E-state index in [2.05, 4.69) is 4.90 Å². The first kappa shape index (κ1) is 18.9. The van der Waals surface area contributed by atoms with Crippen molar-refractivity contribution in [3.63, 3.8) is 0 Å². The molecule has 0 saturated carbocycles. The number of carboxylic acids is 2. The van der Waals surface area contributed by atoms with Gasteiger partial charge in [-0.3, -0.25) is 9.69 Å². The van der Waals surface area contributed by atoms with Gasteiger partial charge < -0.3 is 19.7 Å². The Labute approximate surface area is 156 Å². The highest BCUT2D eigenvalue weighted by Crippen LogP contribution is 2.27. The molecule has 0 spiro atoms. The van der Waals surface area contributed by atoms with Crippen molar-refractivity contribution in [1.82, 2.24) is 4.90 Å². The van der Waals surface area contributed by atoms with E-state index in [0.29, 0.717) is 31.2 Å². The van der Waals surface area contributed by atoms with Crippen LogP contribution in [0.1, 0.15) is 28.4 Å². The summed E-state index contributed by atoms with van der Waals surface area (Å²) in [5, 5.41) is 17.9. The van der Waals surface area contributed by atoms with Crippen molar-refractivity contribution < 1.29 is 29.3 Å². The first-order chi connectivity index (χ1) is 13.0. The van der Waals surface area contributed by atoms with Crippen molar-refractivity contribution in [2.75, 3.05) is 26.2 Å². The van der Waals surface area contributed by atoms with Crippen molar-refractivity contribution in [3.05, 3.63) is 59.7 Å². The van der Waals surface area contributed by atoms with Crippen LogP contribution in [0.2, 0.25) is 0 Å². The Kier molecular flexibility index (Phi) is 6.05. The van der Waals surface area contributed by atoms with Crippen LogP contribution < -0.4 is 4.74 Å². The summed E-state index contributed by atoms with van der Waals surface area (Å²) in [6.07, 6.45) is 0.00599. The van der Waals surface area contributed by atoms with Crippen molar-refractivity contribution in [3.8, 4) is 11.5 Å². The van der Waals surface area contributed by atoms with Gasteiger partial charge in [-0.1, -0.05) is 18.2 Å². The summed E-state index contributed by atoms with van der Waals surface area (Å²) in [4.78, 5) is 23.9. The van der Waals surface area contributed by atoms with Crippen molar-refractivity contribution >= 4 is 11.9 Å². The fourth-order valence-electron chi connectivity index (χ4n) is 2.94. The Morgan fingerprint density at radius 2 is 1.89 bits per heavy atom. The number of hydrogen-bond acceptors (Lipinski definition) is 5. The van der Waals surface area contributed by atoms with Crippen LogP contribution in [0.15, 0.2) is 48.5 Å². The average Bonchev–Trinajstić information content (AvgIpc) is 2.67. The quantitative estimate of drug-likeness (QED) is 0.772. The number of carbonyl (C=O) groups is 2. The molecule has 0 radical (unpaired) electrons. The van der Waals surface area contributed by atoms with Gasteiger partial charge in [-0.2, -0.15) is 0 Å². The Hall–Kier alpha value is -2.90. The molecule has 1 unspecified atom stereocenters. The van der Waals surface area contributed by atoms with E-state index in [1.165, 1.54) is 12.1 Å². The molecule has 7 heteroatoms. The lowest BCUT2D eigenvalue weighted by molar-refractivity contribution is -0.137. The van der Waals surface area contributed by atoms with Crippen molar-refractivity contribution in [1.29, 1.82) is 0 Å². The summed E-state index contributed by atoms with van der Waals surface area (Å²) in [5.74, 6) is -0.750. The topological polar surface area (TPSA) is 96.3 Å². The number of aliphatic carboxylic acids is 1. The molecule has 2 aromatic carbocycles. The zero-order valence-electron chi connectivity index (χ0n) is 14.7. The lowest BCUT2D eigenvalue weighted by Crippen LogP contribution is -2.39. The fourth-order valence-corrected chi connectivity index (χ4v) is 2.94. The highest BCUT2D eigenvalue weighted by atomic mass is 16.5. The Bertz CT molecular complexity index is 804. The number of morpholine rings is 1. The monoisotopic (exact) mass is 371 g/mol. The molecule has 2 N–H and O–H groups in total. The second kappa shape index (κ2) is 8.66. The van der Waals surface area contributed by atoms with Crippen LogP contribution in [-0.4, -0.2) is 53.3 Å². The largest absolute Gasteiger partial charge is 0.481 e. The Balaban J connectivity index is 1.62. The molecule has 0 bridgehead atoms. The van der Waals surface area contributed by atoms with E-state index in [1.807, 2.05) is 24.3 Å². The van der Waals surface area contributed by atoms with Crippen LogP contribution in [0.25, 0.3) is 0 Å². The zero-order valence-corrected chi connectivity index (χ0v) is 14.7. The van der Waals surface area contributed by atoms with Crippen molar-refractivity contribution in [2.24, 2.45) is 0 Å². The lowest BCUT2D eigenvalue weighted by atomic mass is 10.1. The highest BCUT2D eigenvalue weighted by Gasteiger charge is 2.22. The molecule has 1 fully saturated rings. The van der Waals surface area contributed by atoms with Gasteiger partial charge in [-0.15, -0.1) is 0 Å². The number of carboxylic acid groups (broad SMARTS) is 2. The van der Waals surface area contributed by atoms with Crippen LogP contribution in [-0.2, 0) is 9.53 Å². The lowest BCUT2D eigenvalue weighted by Gasteiger charge is -2.32. The molecule has 7 nitrogen and oxygen atoms in total. The molecular weight excluding hydrogens is 350 g/mol. The maximum Gasteiger partial charge on any atom is 0.335 e. The minimum absolute atomic E-state index is 0.114. The predicted molar refractivity (Wildman–Crippen MR) is 97.3 cm³/mol. The van der Waals surface area contributed by atoms with Crippen LogP contribution >= 0.6 is 0 Å². The van der Waals surface area contributed by atoms with E-state index < -0.39 is 11.9 Å². The third-order valence-electron chi connectivity index (χ3n) is 4.36. The number of benzene rings is 2. The van der Waals surface area contributed by atoms with E-state index in [-0.39, 0.29) is 18.1 Å². The smallest absolute Gasteiger partial charge is 0.335 e. The van der Waals surface area contributed by atoms with E-state index in [0.717, 1.165) is 12.1 Å². The predicted octanol–water partition coefficient (Wildman–Crippen LogP) is 3.03. The van der Waals surface area contributed by atoms with Gasteiger partial charge >= 0.3 is 11.9 Å². The summed E-state index contributed by atoms with van der Waals surface area (Å²) >= 11 is 0. The molecule has 27 heavy (non-hydrogen) atoms. The molecular formula is C20H21NO6. The van der Waals surface area contributed by atoms with Gasteiger partial charge in [0.2, 0.25) is 0 Å². The summed E-state index contributed by atoms with van der Waals surface area (Å²) < 4.78 is 11.5. The van der Waals surface area contributed by atoms with Crippen LogP contribution in [0, 0.1) is 0 Å². The fraction of sp³-hybridized carbons (Fsp3) is 0.300. The minimum atomic E-state index is -1.00. The maximum absolute atomic E-state index is 11.0. The Morgan fingerprint density at radius 3 is 2.59 bits per heavy atom. The highest BCUT2D eigenvalue weighted by molar-refractivity contribution is 5.88. The first-order valence-electron chi connectivity index (χ1n) is 8.68. The van der Waals surface area contributed by atoms with E-state index in [9.17, 15) is 9.59 Å². The second-order valence-corrected chi connectivity index (χ2v) is 6.31. The molecule has 0 aromatic heterocycles. The van der Waals surface area contributed by atoms with Crippen LogP contribution in [0.3, 0.4) is 0 Å². The van der Waals surface area contributed by atoms with Crippen LogP contribution in [0.5, 0.6) is 11.5 Å². The Morgan fingerprint density at radius 1 is 1.11 bits per heavy atom. The maximum atomic E-state index is 11.0. The molecule has 0 amide bonds. The normalized spacial score (nSPS) is 17.4. The molecule has 1 aliphatic heterocycles. The van der Waals surface area contributed by atoms with Gasteiger partial charge in [0.15, 0.2) is 0 Å². The third kappa shape index (κ3) is 5.29. The van der Waals surface area contributed by atoms with E-state index >= 15 is 0 Å². The molecule has 0 aliphatic carbocycles. The second-order valence-electron chi connectivity index (χ2n) is 6.31. The first-order valence-corrected chi connectivity index (χ1v) is 8.68. The van der Waals surface area contributed by atoms with Gasteiger partial charge in [0.25, 0.3) is 0 Å². The summed E-state index contributed by atoms with van der Waals surface area (Å²) in [6.45, 7) is 2.44. The van der Waals surface area contributed by atoms with Gasteiger partial charge in [0.1, 0.15) is 11.5 Å². The van der Waals surface area contributed by atoms with E-state index in [4.69, 9.17) is 19.7 Å². The summed E-state index contributed by atoms with van der Waals surface area (Å²) in [6, 6.07) is 13.7. The molecule has 3 rings (SSSR count). The van der Waals surface area contributed by atoms with Gasteiger partial charge in [-0.05, 0) is 35.9 Å². The zero-order chi connectivity index (χ0) is 19.2. The average molecular weight is 371 g/mol. The number of aromatic carboxylic acids is 1. The molecule has 142 valence electrons. The third-order valence-corrected chi connectivity index (χ3v) is 4.36. The molecule has 1 aliphatic rings. The molecule has 1 heterocycles. The molecule has 1 atom stereocenters. The van der Waals surface area contributed by atoms with E-state index in [1.54, 1.807) is 12.1 Å². The summed E-state index contributed by atoms with van der Waals surface area (Å²) in [7, 11) is 0. The standard InChI is InChI=1S/C20H21NO6/c22-19(23)8-9-21-10-11-26-18(13-21)14-4-6-16(7-5-14)27-17-3-1-2-15(12-17)20(24)25/h1-7,12,18H,8-11,13H2,(H,22,23)(H,24,25). The van der Waals surface area contributed by atoms with Crippen LogP contribution in [0.4, 0.5) is 0 Å². The molecule has 1 saturated heterocycles. The minimum Gasteiger partial charge on any atom is -0.481 e. The van der Waals surface area contributed by atoms with Crippen molar-refractivity contribution in [2.45, 2.75) is 12.5 Å². The SMILES string of the molecule is O=C(O)CCN1CCOC(c2ccc(Oc3cccc(C(=O)O)c3)cc2)C1. The number of hydrogen-bond donors (Lipinski definition) is 2. The van der Waals surface area contributed by atoms with Gasteiger partial charge in [0.05, 0.1) is 24.7 Å². The number of rotatable bonds is 7.